The number of benzene rings is 3. The first kappa shape index (κ1) is 31.3. The third-order valence-corrected chi connectivity index (χ3v) is 11.4. The number of fused-ring (bicyclic) bond motifs is 4. The van der Waals surface area contributed by atoms with Gasteiger partial charge in [0.2, 0.25) is 11.8 Å². The summed E-state index contributed by atoms with van der Waals surface area (Å²) in [7, 11) is 1.33. The fourth-order valence-corrected chi connectivity index (χ4v) is 8.88. The minimum Gasteiger partial charge on any atom is -0.491 e. The molecular weight excluding hydrogens is 643 g/mol. The van der Waals surface area contributed by atoms with Crippen LogP contribution in [0.15, 0.2) is 90.5 Å². The van der Waals surface area contributed by atoms with E-state index < -0.39 is 57.0 Å². The van der Waals surface area contributed by atoms with Crippen LogP contribution in [-0.2, 0) is 19.2 Å². The van der Waals surface area contributed by atoms with Crippen LogP contribution in [0.4, 0.5) is 5.69 Å². The van der Waals surface area contributed by atoms with Crippen molar-refractivity contribution in [2.75, 3.05) is 25.2 Å². The number of ketones is 1. The van der Waals surface area contributed by atoms with E-state index in [-0.39, 0.29) is 31.8 Å². The molecule has 9 nitrogen and oxygen atoms in total. The number of anilines is 1. The SMILES string of the molecule is CN1C(=O)C2(Cl)CC3C(=CCC4C(=O)N(c5ccc(C(=O)c6ccccc6)cc5)C(=O)C43)C(c3ccccc3OCCO)C2(Cl)C1=O. The van der Waals surface area contributed by atoms with Crippen LogP contribution in [-0.4, -0.2) is 69.4 Å². The maximum Gasteiger partial charge on any atom is 0.253 e. The average Bonchev–Trinajstić information content (AvgIpc) is 3.42. The lowest BCUT2D eigenvalue weighted by Gasteiger charge is -2.51. The van der Waals surface area contributed by atoms with Gasteiger partial charge in [-0.2, -0.15) is 0 Å². The Morgan fingerprint density at radius 3 is 2.23 bits per heavy atom. The van der Waals surface area contributed by atoms with E-state index in [4.69, 9.17) is 27.9 Å². The van der Waals surface area contributed by atoms with Crippen molar-refractivity contribution >= 4 is 58.3 Å². The Labute approximate surface area is 280 Å². The number of aliphatic hydroxyl groups excluding tert-OH is 1. The Morgan fingerprint density at radius 2 is 1.53 bits per heavy atom. The summed E-state index contributed by atoms with van der Waals surface area (Å²) in [6.45, 7) is -0.282. The highest BCUT2D eigenvalue weighted by molar-refractivity contribution is 6.53. The molecule has 2 aliphatic heterocycles. The van der Waals surface area contributed by atoms with E-state index in [0.717, 1.165) is 9.80 Å². The number of amides is 4. The first-order valence-corrected chi connectivity index (χ1v) is 16.1. The minimum atomic E-state index is -1.94. The number of hydrogen-bond acceptors (Lipinski definition) is 7. The fraction of sp³-hybridized carbons (Fsp3) is 0.306. The van der Waals surface area contributed by atoms with Crippen molar-refractivity contribution in [3.63, 3.8) is 0 Å². The lowest BCUT2D eigenvalue weighted by molar-refractivity contribution is -0.138. The van der Waals surface area contributed by atoms with Crippen molar-refractivity contribution in [3.05, 3.63) is 107 Å². The number of halogens is 2. The van der Waals surface area contributed by atoms with Crippen LogP contribution in [0.3, 0.4) is 0 Å². The predicted molar refractivity (Wildman–Crippen MR) is 173 cm³/mol. The van der Waals surface area contributed by atoms with Gasteiger partial charge in [0.05, 0.1) is 24.1 Å². The molecule has 47 heavy (non-hydrogen) atoms. The first-order valence-electron chi connectivity index (χ1n) is 15.3. The normalized spacial score (nSPS) is 29.7. The van der Waals surface area contributed by atoms with Crippen LogP contribution in [0.25, 0.3) is 0 Å². The third-order valence-electron chi connectivity index (χ3n) is 10.0. The lowest BCUT2D eigenvalue weighted by atomic mass is 9.56. The smallest absolute Gasteiger partial charge is 0.253 e. The number of alkyl halides is 2. The van der Waals surface area contributed by atoms with Crippen LogP contribution < -0.4 is 9.64 Å². The lowest BCUT2D eigenvalue weighted by Crippen LogP contribution is -2.60. The van der Waals surface area contributed by atoms with Crippen molar-refractivity contribution in [2.45, 2.75) is 28.5 Å². The molecule has 2 saturated heterocycles. The fourth-order valence-electron chi connectivity index (χ4n) is 7.87. The monoisotopic (exact) mass is 672 g/mol. The minimum absolute atomic E-state index is 0.0251. The standard InChI is InChI=1S/C36H30Cl2N2O7/c1-39-33(45)35(37)19-26-23(29(36(35,38)34(39)46)24-9-5-6-10-27(24)47-18-17-41)15-16-25-28(26)32(44)40(31(25)43)22-13-11-21(12-14-22)30(42)20-7-3-2-4-8-20/h2-15,25-26,28-29,41H,16-19H2,1H3. The topological polar surface area (TPSA) is 121 Å². The molecule has 2 heterocycles. The van der Waals surface area contributed by atoms with Crippen LogP contribution in [0.5, 0.6) is 5.75 Å². The summed E-state index contributed by atoms with van der Waals surface area (Å²) < 4.78 is 5.85. The molecule has 0 bridgehead atoms. The molecule has 240 valence electrons. The van der Waals surface area contributed by atoms with Crippen molar-refractivity contribution in [1.29, 1.82) is 0 Å². The first-order chi connectivity index (χ1) is 22.5. The number of likely N-dealkylation sites (tertiary alicyclic amines) is 1. The van der Waals surface area contributed by atoms with Crippen molar-refractivity contribution in [3.8, 4) is 5.75 Å². The largest absolute Gasteiger partial charge is 0.491 e. The maximum atomic E-state index is 14.3. The zero-order chi connectivity index (χ0) is 33.2. The molecule has 3 fully saturated rings. The number of carbonyl (C=O) groups is 5. The average molecular weight is 674 g/mol. The summed E-state index contributed by atoms with van der Waals surface area (Å²) in [6, 6.07) is 22.0. The highest BCUT2D eigenvalue weighted by Gasteiger charge is 2.76. The van der Waals surface area contributed by atoms with E-state index in [0.29, 0.717) is 33.7 Å². The molecule has 6 atom stereocenters. The van der Waals surface area contributed by atoms with E-state index in [1.165, 1.54) is 7.05 Å². The molecule has 3 aromatic rings. The zero-order valence-corrected chi connectivity index (χ0v) is 26.8. The van der Waals surface area contributed by atoms with Crippen LogP contribution in [0.1, 0.15) is 40.2 Å². The number of para-hydroxylation sites is 1. The van der Waals surface area contributed by atoms with Gasteiger partial charge in [-0.05, 0) is 49.1 Å². The molecule has 4 amide bonds. The number of carbonyl (C=O) groups excluding carboxylic acids is 5. The molecule has 1 N–H and O–H groups in total. The molecule has 7 rings (SSSR count). The van der Waals surface area contributed by atoms with Gasteiger partial charge in [-0.1, -0.05) is 60.2 Å². The molecule has 0 spiro atoms. The van der Waals surface area contributed by atoms with Gasteiger partial charge in [-0.15, -0.1) is 23.2 Å². The molecule has 2 aliphatic carbocycles. The van der Waals surface area contributed by atoms with E-state index >= 15 is 0 Å². The van der Waals surface area contributed by atoms with E-state index in [1.807, 2.05) is 12.1 Å². The van der Waals surface area contributed by atoms with E-state index in [9.17, 15) is 29.1 Å². The van der Waals surface area contributed by atoms with E-state index in [2.05, 4.69) is 0 Å². The Bertz CT molecular complexity index is 1860. The predicted octanol–water partition coefficient (Wildman–Crippen LogP) is 4.48. The zero-order valence-electron chi connectivity index (χ0n) is 25.3. The molecule has 0 aromatic heterocycles. The van der Waals surface area contributed by atoms with Gasteiger partial charge in [0.1, 0.15) is 12.4 Å². The van der Waals surface area contributed by atoms with Crippen LogP contribution in [0, 0.1) is 17.8 Å². The summed E-state index contributed by atoms with van der Waals surface area (Å²) in [5, 5.41) is 9.46. The summed E-state index contributed by atoms with van der Waals surface area (Å²) in [5.74, 6) is -5.28. The van der Waals surface area contributed by atoms with Gasteiger partial charge in [-0.25, -0.2) is 0 Å². The highest BCUT2D eigenvalue weighted by Crippen LogP contribution is 2.66. The second-order valence-corrected chi connectivity index (χ2v) is 13.6. The van der Waals surface area contributed by atoms with Gasteiger partial charge in [0.25, 0.3) is 11.8 Å². The number of rotatable bonds is 7. The van der Waals surface area contributed by atoms with E-state index in [1.54, 1.807) is 72.8 Å². The Balaban J connectivity index is 1.28. The molecule has 0 radical (unpaired) electrons. The third kappa shape index (κ3) is 4.43. The molecular formula is C36H30Cl2N2O7. The maximum absolute atomic E-state index is 14.3. The van der Waals surface area contributed by atoms with Gasteiger partial charge < -0.3 is 9.84 Å². The number of aliphatic hydroxyl groups is 1. The van der Waals surface area contributed by atoms with Crippen LogP contribution in [0.2, 0.25) is 0 Å². The molecule has 4 aliphatic rings. The number of nitrogens with zero attached hydrogens (tertiary/aromatic N) is 2. The van der Waals surface area contributed by atoms with Gasteiger partial charge in [0, 0.05) is 29.7 Å². The second kappa shape index (κ2) is 11.4. The Kier molecular flexibility index (Phi) is 7.62. The highest BCUT2D eigenvalue weighted by atomic mass is 35.5. The molecule has 6 unspecified atom stereocenters. The molecule has 11 heteroatoms. The quantitative estimate of drug-likeness (QED) is 0.170. The van der Waals surface area contributed by atoms with Gasteiger partial charge in [-0.3, -0.25) is 33.8 Å². The van der Waals surface area contributed by atoms with Gasteiger partial charge >= 0.3 is 0 Å². The molecule has 1 saturated carbocycles. The Morgan fingerprint density at radius 1 is 0.872 bits per heavy atom. The van der Waals surface area contributed by atoms with Crippen molar-refractivity contribution in [1.82, 2.24) is 4.90 Å². The number of imide groups is 2. The van der Waals surface area contributed by atoms with Crippen LogP contribution >= 0.6 is 23.2 Å². The second-order valence-electron chi connectivity index (χ2n) is 12.4. The summed E-state index contributed by atoms with van der Waals surface area (Å²) in [6.07, 6.45) is 1.93. The summed E-state index contributed by atoms with van der Waals surface area (Å²) in [5.41, 5.74) is 2.38. The summed E-state index contributed by atoms with van der Waals surface area (Å²) in [4.78, 5) is 66.9. The number of allylic oxidation sites excluding steroid dienone is 2. The van der Waals surface area contributed by atoms with Crippen molar-refractivity contribution in [2.24, 2.45) is 17.8 Å². The number of ether oxygens (including phenoxy) is 1. The van der Waals surface area contributed by atoms with Crippen molar-refractivity contribution < 1.29 is 33.8 Å². The molecule has 3 aromatic carbocycles. The number of hydrogen-bond donors (Lipinski definition) is 1. The Hall–Kier alpha value is -4.31. The van der Waals surface area contributed by atoms with Gasteiger partial charge in [0.15, 0.2) is 15.5 Å². The summed E-state index contributed by atoms with van der Waals surface area (Å²) >= 11 is 14.5.